The van der Waals surface area contributed by atoms with Gasteiger partial charge in [0.05, 0.1) is 17.6 Å². The highest BCUT2D eigenvalue weighted by molar-refractivity contribution is 6.21. The van der Waals surface area contributed by atoms with Crippen molar-refractivity contribution < 1.29 is 4.74 Å². The van der Waals surface area contributed by atoms with Crippen molar-refractivity contribution in [2.75, 3.05) is 0 Å². The van der Waals surface area contributed by atoms with E-state index in [1.165, 1.54) is 0 Å². The van der Waals surface area contributed by atoms with E-state index in [0.29, 0.717) is 0 Å². The van der Waals surface area contributed by atoms with Crippen LogP contribution in [0.25, 0.3) is 0 Å². The Balaban J connectivity index is 2.68. The van der Waals surface area contributed by atoms with Crippen molar-refractivity contribution in [3.05, 3.63) is 36.5 Å². The highest BCUT2D eigenvalue weighted by Gasteiger charge is 2.21. The number of hydrogen-bond donors (Lipinski definition) is 0. The molecule has 1 heterocycles. The standard InChI is InChI=1S/C15H19ClO/c1-3-5-7-12-15-14(16)11-9-6-8-10-13(4-2)17-15/h1,5-10,13-15H,4,11-12H2,2H3/b7-5-,9-6-,10-8-/t13-,14-,15-/m0/s1. The van der Waals surface area contributed by atoms with Crippen LogP contribution in [-0.4, -0.2) is 17.6 Å². The zero-order valence-electron chi connectivity index (χ0n) is 10.2. The van der Waals surface area contributed by atoms with E-state index in [1.54, 1.807) is 6.08 Å². The zero-order valence-corrected chi connectivity index (χ0v) is 10.9. The van der Waals surface area contributed by atoms with Gasteiger partial charge in [-0.3, -0.25) is 0 Å². The second-order valence-corrected chi connectivity index (χ2v) is 4.55. The van der Waals surface area contributed by atoms with Gasteiger partial charge in [0.25, 0.3) is 0 Å². The first-order chi connectivity index (χ1) is 8.27. The quantitative estimate of drug-likeness (QED) is 0.546. The molecule has 1 nitrogen and oxygen atoms in total. The molecule has 0 saturated carbocycles. The maximum atomic E-state index is 6.34. The van der Waals surface area contributed by atoms with Crippen LogP contribution in [0.5, 0.6) is 0 Å². The van der Waals surface area contributed by atoms with Gasteiger partial charge in [0.1, 0.15) is 0 Å². The molecule has 0 fully saturated rings. The lowest BCUT2D eigenvalue weighted by Gasteiger charge is -2.24. The Bertz CT molecular complexity index is 335. The molecule has 0 aliphatic carbocycles. The molecular weight excluding hydrogens is 232 g/mol. The highest BCUT2D eigenvalue weighted by atomic mass is 35.5. The van der Waals surface area contributed by atoms with Gasteiger partial charge in [-0.1, -0.05) is 43.2 Å². The SMILES string of the molecule is C#C/C=C\C[C@@H]1O[C@@H](CC)/C=C\C=C/C[C@@H]1Cl. The second-order valence-electron chi connectivity index (χ2n) is 3.99. The minimum Gasteiger partial charge on any atom is -0.369 e. The van der Waals surface area contributed by atoms with E-state index in [2.05, 4.69) is 25.0 Å². The number of allylic oxidation sites excluding steroid dienone is 4. The van der Waals surface area contributed by atoms with Crippen LogP contribution < -0.4 is 0 Å². The molecule has 1 aliphatic rings. The summed E-state index contributed by atoms with van der Waals surface area (Å²) in [6.45, 7) is 2.11. The van der Waals surface area contributed by atoms with E-state index in [9.17, 15) is 0 Å². The van der Waals surface area contributed by atoms with E-state index in [-0.39, 0.29) is 17.6 Å². The fourth-order valence-corrected chi connectivity index (χ4v) is 1.95. The average Bonchev–Trinajstić information content (AvgIpc) is 2.42. The van der Waals surface area contributed by atoms with Gasteiger partial charge in [0.15, 0.2) is 0 Å². The summed E-state index contributed by atoms with van der Waals surface area (Å²) in [5.74, 6) is 2.48. The molecule has 0 saturated heterocycles. The fraction of sp³-hybridized carbons (Fsp3) is 0.467. The van der Waals surface area contributed by atoms with E-state index < -0.39 is 0 Å². The van der Waals surface area contributed by atoms with Gasteiger partial charge >= 0.3 is 0 Å². The summed E-state index contributed by atoms with van der Waals surface area (Å²) in [5, 5.41) is -0.0115. The molecule has 0 N–H and O–H groups in total. The van der Waals surface area contributed by atoms with E-state index >= 15 is 0 Å². The van der Waals surface area contributed by atoms with Gasteiger partial charge in [0, 0.05) is 0 Å². The predicted octanol–water partition coefficient (Wildman–Crippen LogP) is 3.85. The summed E-state index contributed by atoms with van der Waals surface area (Å²) < 4.78 is 6.00. The fourth-order valence-electron chi connectivity index (χ4n) is 1.69. The molecule has 0 unspecified atom stereocenters. The van der Waals surface area contributed by atoms with Crippen molar-refractivity contribution in [2.24, 2.45) is 0 Å². The first kappa shape index (κ1) is 14.1. The summed E-state index contributed by atoms with van der Waals surface area (Å²) in [6.07, 6.45) is 19.7. The van der Waals surface area contributed by atoms with Crippen molar-refractivity contribution in [3.63, 3.8) is 0 Å². The molecule has 0 spiro atoms. The van der Waals surface area contributed by atoms with Crippen LogP contribution in [0.15, 0.2) is 36.5 Å². The minimum absolute atomic E-state index is 0.0115. The van der Waals surface area contributed by atoms with Crippen LogP contribution >= 0.6 is 11.6 Å². The van der Waals surface area contributed by atoms with Crippen LogP contribution in [0.1, 0.15) is 26.2 Å². The molecule has 1 rings (SSSR count). The van der Waals surface area contributed by atoms with Crippen molar-refractivity contribution in [1.82, 2.24) is 0 Å². The minimum atomic E-state index is -0.0115. The number of hydrogen-bond acceptors (Lipinski definition) is 1. The Morgan fingerprint density at radius 2 is 2.35 bits per heavy atom. The third kappa shape index (κ3) is 5.26. The Morgan fingerprint density at radius 1 is 1.53 bits per heavy atom. The molecule has 0 bridgehead atoms. The number of terminal acetylenes is 1. The topological polar surface area (TPSA) is 9.23 Å². The first-order valence-electron chi connectivity index (χ1n) is 6.02. The van der Waals surface area contributed by atoms with Gasteiger partial charge < -0.3 is 4.74 Å². The van der Waals surface area contributed by atoms with Crippen LogP contribution in [0, 0.1) is 12.3 Å². The zero-order chi connectivity index (χ0) is 12.5. The molecule has 92 valence electrons. The van der Waals surface area contributed by atoms with Crippen molar-refractivity contribution in [3.8, 4) is 12.3 Å². The maximum Gasteiger partial charge on any atom is 0.0784 e. The first-order valence-corrected chi connectivity index (χ1v) is 6.45. The summed E-state index contributed by atoms with van der Waals surface area (Å²) in [7, 11) is 0. The lowest BCUT2D eigenvalue weighted by molar-refractivity contribution is 0.0119. The van der Waals surface area contributed by atoms with Gasteiger partial charge in [-0.25, -0.2) is 0 Å². The molecule has 1 aliphatic heterocycles. The molecule has 0 amide bonds. The average molecular weight is 251 g/mol. The second kappa shape index (κ2) is 8.17. The van der Waals surface area contributed by atoms with Crippen LogP contribution in [-0.2, 0) is 4.74 Å². The van der Waals surface area contributed by atoms with E-state index in [4.69, 9.17) is 22.8 Å². The number of rotatable bonds is 3. The summed E-state index contributed by atoms with van der Waals surface area (Å²) >= 11 is 6.34. The number of ether oxygens (including phenoxy) is 1. The van der Waals surface area contributed by atoms with Crippen molar-refractivity contribution >= 4 is 11.6 Å². The largest absolute Gasteiger partial charge is 0.369 e. The highest BCUT2D eigenvalue weighted by Crippen LogP contribution is 2.20. The van der Waals surface area contributed by atoms with Gasteiger partial charge in [-0.05, 0) is 25.3 Å². The molecule has 0 aromatic carbocycles. The molecule has 2 heteroatoms. The van der Waals surface area contributed by atoms with Gasteiger partial charge in [-0.15, -0.1) is 18.0 Å². The third-order valence-electron chi connectivity index (χ3n) is 2.67. The van der Waals surface area contributed by atoms with Crippen LogP contribution in [0.2, 0.25) is 0 Å². The molecular formula is C15H19ClO. The van der Waals surface area contributed by atoms with E-state index in [1.807, 2.05) is 18.2 Å². The van der Waals surface area contributed by atoms with Crippen molar-refractivity contribution in [1.29, 1.82) is 0 Å². The van der Waals surface area contributed by atoms with Crippen LogP contribution in [0.4, 0.5) is 0 Å². The lowest BCUT2D eigenvalue weighted by Crippen LogP contribution is -2.28. The normalized spacial score (nSPS) is 33.4. The Kier molecular flexibility index (Phi) is 6.77. The lowest BCUT2D eigenvalue weighted by atomic mass is 10.1. The summed E-state index contributed by atoms with van der Waals surface area (Å²) in [4.78, 5) is 0. The number of alkyl halides is 1. The molecule has 3 atom stereocenters. The molecule has 0 aromatic rings. The number of halogens is 1. The smallest absolute Gasteiger partial charge is 0.0784 e. The molecule has 0 aromatic heterocycles. The summed E-state index contributed by atoms with van der Waals surface area (Å²) in [6, 6.07) is 0. The Morgan fingerprint density at radius 3 is 3.06 bits per heavy atom. The Hall–Kier alpha value is -0.970. The maximum absolute atomic E-state index is 6.34. The van der Waals surface area contributed by atoms with E-state index in [0.717, 1.165) is 19.3 Å². The van der Waals surface area contributed by atoms with Crippen LogP contribution in [0.3, 0.4) is 0 Å². The molecule has 17 heavy (non-hydrogen) atoms. The predicted molar refractivity (Wildman–Crippen MR) is 74.1 cm³/mol. The summed E-state index contributed by atoms with van der Waals surface area (Å²) in [5.41, 5.74) is 0. The van der Waals surface area contributed by atoms with Gasteiger partial charge in [-0.2, -0.15) is 0 Å². The van der Waals surface area contributed by atoms with Gasteiger partial charge in [0.2, 0.25) is 0 Å². The van der Waals surface area contributed by atoms with Crippen molar-refractivity contribution in [2.45, 2.75) is 43.8 Å². The molecule has 0 radical (unpaired) electrons. The Labute approximate surface area is 109 Å². The third-order valence-corrected chi connectivity index (χ3v) is 3.13. The monoisotopic (exact) mass is 250 g/mol.